The lowest BCUT2D eigenvalue weighted by Crippen LogP contribution is -2.21. The van der Waals surface area contributed by atoms with Crippen LogP contribution in [0.15, 0.2) is 71.5 Å². The molecule has 5 heteroatoms. The number of rotatable bonds is 5. The summed E-state index contributed by atoms with van der Waals surface area (Å²) in [6.07, 6.45) is 4.04. The predicted molar refractivity (Wildman–Crippen MR) is 122 cm³/mol. The molecule has 0 bridgehead atoms. The average molecular weight is 443 g/mol. The second-order valence-electron chi connectivity index (χ2n) is 7.90. The molecule has 2 aromatic heterocycles. The molecule has 0 aliphatic heterocycles. The van der Waals surface area contributed by atoms with Gasteiger partial charge in [0.25, 0.3) is 0 Å². The van der Waals surface area contributed by atoms with Crippen LogP contribution in [0.3, 0.4) is 0 Å². The fraction of sp³-hybridized carbons (Fsp3) is 0.273. The quantitative estimate of drug-likeness (QED) is 0.264. The van der Waals surface area contributed by atoms with E-state index < -0.39 is 8.07 Å². The van der Waals surface area contributed by atoms with E-state index in [4.69, 9.17) is 4.74 Å². The van der Waals surface area contributed by atoms with Gasteiger partial charge >= 0.3 is 0 Å². The Morgan fingerprint density at radius 3 is 2.59 bits per heavy atom. The molecular formula is C22H27BrN2OSi. The van der Waals surface area contributed by atoms with Crippen molar-refractivity contribution in [3.63, 3.8) is 0 Å². The number of halogens is 1. The van der Waals surface area contributed by atoms with E-state index in [-0.39, 0.29) is 0 Å². The summed E-state index contributed by atoms with van der Waals surface area (Å²) in [5, 5.41) is 2.52. The molecule has 2 heterocycles. The SMILES string of the molecule is C[Si](C)(C)CCOCn1ccc2cc(Br)ccc21.c1ccc2[nH]ccc2c1. The number of ether oxygens (including phenoxy) is 1. The van der Waals surface area contributed by atoms with Gasteiger partial charge in [0.2, 0.25) is 0 Å². The summed E-state index contributed by atoms with van der Waals surface area (Å²) >= 11 is 3.49. The molecule has 0 radical (unpaired) electrons. The van der Waals surface area contributed by atoms with Crippen LogP contribution in [-0.4, -0.2) is 24.2 Å². The van der Waals surface area contributed by atoms with E-state index >= 15 is 0 Å². The number of H-pyrrole nitrogens is 1. The van der Waals surface area contributed by atoms with Crippen molar-refractivity contribution in [1.82, 2.24) is 9.55 Å². The Bertz CT molecular complexity index is 970. The molecule has 0 fully saturated rings. The topological polar surface area (TPSA) is 29.9 Å². The van der Waals surface area contributed by atoms with Crippen LogP contribution in [0.4, 0.5) is 0 Å². The largest absolute Gasteiger partial charge is 0.361 e. The Hall–Kier alpha value is -1.82. The van der Waals surface area contributed by atoms with Gasteiger partial charge in [0.15, 0.2) is 0 Å². The van der Waals surface area contributed by atoms with E-state index in [1.807, 2.05) is 18.3 Å². The van der Waals surface area contributed by atoms with Crippen molar-refractivity contribution in [2.45, 2.75) is 32.4 Å². The molecule has 3 nitrogen and oxygen atoms in total. The summed E-state index contributed by atoms with van der Waals surface area (Å²) in [6, 6.07) is 20.0. The summed E-state index contributed by atoms with van der Waals surface area (Å²) in [5.74, 6) is 0. The lowest BCUT2D eigenvalue weighted by Gasteiger charge is -2.15. The number of nitrogens with zero attached hydrogens (tertiary/aromatic N) is 1. The van der Waals surface area contributed by atoms with Gasteiger partial charge in [0.05, 0.1) is 5.52 Å². The first kappa shape index (κ1) is 19.9. The summed E-state index contributed by atoms with van der Waals surface area (Å²) < 4.78 is 9.06. The molecule has 4 aromatic rings. The maximum Gasteiger partial charge on any atom is 0.122 e. The standard InChI is InChI=1S/C14H20BrNOSi.C8H7N/c1-18(2,3)9-8-17-11-16-7-6-12-10-13(15)4-5-14(12)16;1-2-4-8-7(3-1)5-6-9-8/h4-7,10H,8-9,11H2,1-3H3;1-6,9H. The molecule has 0 unspecified atom stereocenters. The molecule has 0 atom stereocenters. The van der Waals surface area contributed by atoms with Gasteiger partial charge in [-0.1, -0.05) is 53.8 Å². The molecule has 0 amide bonds. The van der Waals surface area contributed by atoms with Gasteiger partial charge in [-0.2, -0.15) is 0 Å². The highest BCUT2D eigenvalue weighted by Crippen LogP contribution is 2.21. The maximum absolute atomic E-state index is 5.78. The average Bonchev–Trinajstić information content (AvgIpc) is 3.25. The van der Waals surface area contributed by atoms with Gasteiger partial charge in [-0.05, 0) is 47.8 Å². The first-order chi connectivity index (χ1) is 12.9. The number of fused-ring (bicyclic) bond motifs is 2. The molecular weight excluding hydrogens is 416 g/mol. The highest BCUT2D eigenvalue weighted by atomic mass is 79.9. The van der Waals surface area contributed by atoms with Crippen LogP contribution < -0.4 is 0 Å². The third-order valence-electron chi connectivity index (χ3n) is 4.42. The predicted octanol–water partition coefficient (Wildman–Crippen LogP) is 6.88. The highest BCUT2D eigenvalue weighted by molar-refractivity contribution is 9.10. The van der Waals surface area contributed by atoms with E-state index in [1.165, 1.54) is 27.8 Å². The van der Waals surface area contributed by atoms with Crippen molar-refractivity contribution in [3.8, 4) is 0 Å². The van der Waals surface area contributed by atoms with Crippen LogP contribution in [0.25, 0.3) is 21.8 Å². The van der Waals surface area contributed by atoms with Crippen LogP contribution in [0.2, 0.25) is 25.7 Å². The third kappa shape index (κ3) is 5.83. The smallest absolute Gasteiger partial charge is 0.122 e. The molecule has 2 aromatic carbocycles. The number of para-hydroxylation sites is 1. The lowest BCUT2D eigenvalue weighted by atomic mass is 10.2. The zero-order chi connectivity index (χ0) is 19.3. The first-order valence-corrected chi connectivity index (χ1v) is 13.8. The summed E-state index contributed by atoms with van der Waals surface area (Å²) in [5.41, 5.74) is 2.43. The molecule has 0 aliphatic carbocycles. The second-order valence-corrected chi connectivity index (χ2v) is 14.4. The summed E-state index contributed by atoms with van der Waals surface area (Å²) in [6.45, 7) is 8.64. The Kier molecular flexibility index (Phi) is 6.58. The molecule has 142 valence electrons. The van der Waals surface area contributed by atoms with Crippen LogP contribution in [-0.2, 0) is 11.5 Å². The lowest BCUT2D eigenvalue weighted by molar-refractivity contribution is 0.0902. The van der Waals surface area contributed by atoms with Gasteiger partial charge < -0.3 is 14.3 Å². The van der Waals surface area contributed by atoms with E-state index in [0.29, 0.717) is 6.73 Å². The van der Waals surface area contributed by atoms with Gasteiger partial charge in [-0.15, -0.1) is 0 Å². The summed E-state index contributed by atoms with van der Waals surface area (Å²) in [4.78, 5) is 3.12. The molecule has 27 heavy (non-hydrogen) atoms. The minimum atomic E-state index is -0.981. The van der Waals surface area contributed by atoms with Crippen molar-refractivity contribution in [1.29, 1.82) is 0 Å². The number of nitrogens with one attached hydrogen (secondary N) is 1. The van der Waals surface area contributed by atoms with Crippen molar-refractivity contribution in [3.05, 3.63) is 71.5 Å². The number of hydrogen-bond acceptors (Lipinski definition) is 1. The fourth-order valence-electron chi connectivity index (χ4n) is 2.82. The zero-order valence-electron chi connectivity index (χ0n) is 16.2. The number of hydrogen-bond donors (Lipinski definition) is 1. The van der Waals surface area contributed by atoms with Crippen LogP contribution >= 0.6 is 15.9 Å². The Morgan fingerprint density at radius 2 is 1.81 bits per heavy atom. The fourth-order valence-corrected chi connectivity index (χ4v) is 3.96. The molecule has 4 rings (SSSR count). The normalized spacial score (nSPS) is 11.6. The number of aromatic amines is 1. The van der Waals surface area contributed by atoms with E-state index in [2.05, 4.69) is 93.8 Å². The minimum Gasteiger partial charge on any atom is -0.361 e. The number of benzene rings is 2. The molecule has 0 saturated heterocycles. The van der Waals surface area contributed by atoms with E-state index in [9.17, 15) is 0 Å². The molecule has 0 aliphatic rings. The van der Waals surface area contributed by atoms with Gasteiger partial charge in [-0.3, -0.25) is 0 Å². The highest BCUT2D eigenvalue weighted by Gasteiger charge is 2.12. The van der Waals surface area contributed by atoms with Crippen molar-refractivity contribution < 1.29 is 4.74 Å². The van der Waals surface area contributed by atoms with E-state index in [0.717, 1.165) is 11.1 Å². The van der Waals surface area contributed by atoms with Crippen LogP contribution in [0, 0.1) is 0 Å². The first-order valence-electron chi connectivity index (χ1n) is 9.27. The van der Waals surface area contributed by atoms with Crippen molar-refractivity contribution in [2.24, 2.45) is 0 Å². The third-order valence-corrected chi connectivity index (χ3v) is 6.62. The number of aromatic nitrogens is 2. The van der Waals surface area contributed by atoms with Crippen LogP contribution in [0.1, 0.15) is 0 Å². The van der Waals surface area contributed by atoms with Crippen molar-refractivity contribution in [2.75, 3.05) is 6.61 Å². The van der Waals surface area contributed by atoms with E-state index in [1.54, 1.807) is 0 Å². The monoisotopic (exact) mass is 442 g/mol. The molecule has 0 saturated carbocycles. The summed E-state index contributed by atoms with van der Waals surface area (Å²) in [7, 11) is -0.981. The zero-order valence-corrected chi connectivity index (χ0v) is 18.8. The Labute approximate surface area is 170 Å². The molecule has 0 spiro atoms. The second kappa shape index (κ2) is 8.91. The Balaban J connectivity index is 0.000000193. The minimum absolute atomic E-state index is 0.648. The van der Waals surface area contributed by atoms with Gasteiger partial charge in [0, 0.05) is 42.5 Å². The van der Waals surface area contributed by atoms with Crippen molar-refractivity contribution >= 4 is 45.8 Å². The van der Waals surface area contributed by atoms with Gasteiger partial charge in [-0.25, -0.2) is 0 Å². The maximum atomic E-state index is 5.78. The molecule has 1 N–H and O–H groups in total. The van der Waals surface area contributed by atoms with Crippen LogP contribution in [0.5, 0.6) is 0 Å². The van der Waals surface area contributed by atoms with Gasteiger partial charge in [0.1, 0.15) is 6.73 Å². The Morgan fingerprint density at radius 1 is 1.00 bits per heavy atom.